The molecular weight excluding hydrogens is 524 g/mol. The van der Waals surface area contributed by atoms with E-state index in [0.29, 0.717) is 42.8 Å². The van der Waals surface area contributed by atoms with Gasteiger partial charge in [0.2, 0.25) is 10.0 Å². The second kappa shape index (κ2) is 12.9. The number of hydrogen-bond donors (Lipinski definition) is 1. The standard InChI is InChI=1S/C31H40N4O4S/c1-22(2)29(35(20-10-18-32-40(4,38)39)30(36)25-16-14-23(3)15-17-25)28-26(21-24-11-6-5-7-12-24)31(37)34-19-9-8-13-27(34)33-28/h5-7,11-12,14-17,22,29,32H,8-10,13,18-21H2,1-4H3. The summed E-state index contributed by atoms with van der Waals surface area (Å²) in [5.74, 6) is 0.559. The third-order valence-corrected chi connectivity index (χ3v) is 8.10. The fourth-order valence-electron chi connectivity index (χ4n) is 5.40. The quantitative estimate of drug-likeness (QED) is 0.351. The van der Waals surface area contributed by atoms with E-state index < -0.39 is 16.1 Å². The van der Waals surface area contributed by atoms with Gasteiger partial charge in [-0.05, 0) is 49.8 Å². The van der Waals surface area contributed by atoms with E-state index in [-0.39, 0.29) is 23.9 Å². The van der Waals surface area contributed by atoms with Gasteiger partial charge >= 0.3 is 0 Å². The molecule has 1 atom stereocenters. The summed E-state index contributed by atoms with van der Waals surface area (Å²) in [7, 11) is -3.36. The number of fused-ring (bicyclic) bond motifs is 1. The Hall–Kier alpha value is -3.30. The van der Waals surface area contributed by atoms with Crippen LogP contribution in [0.1, 0.15) is 77.7 Å². The van der Waals surface area contributed by atoms with Gasteiger partial charge in [0.25, 0.3) is 11.5 Å². The van der Waals surface area contributed by atoms with Crippen LogP contribution in [0.2, 0.25) is 0 Å². The SMILES string of the molecule is Cc1ccc(C(=O)N(CCCNS(C)(=O)=O)C(c2nc3n(c(=O)c2Cc2ccccc2)CCCC3)C(C)C)cc1. The smallest absolute Gasteiger partial charge is 0.257 e. The fraction of sp³-hybridized carbons (Fsp3) is 0.452. The van der Waals surface area contributed by atoms with E-state index in [4.69, 9.17) is 4.98 Å². The molecule has 1 aliphatic rings. The summed E-state index contributed by atoms with van der Waals surface area (Å²) >= 11 is 0. The van der Waals surface area contributed by atoms with Crippen LogP contribution < -0.4 is 10.3 Å². The van der Waals surface area contributed by atoms with Gasteiger partial charge in [-0.2, -0.15) is 0 Å². The highest BCUT2D eigenvalue weighted by Crippen LogP contribution is 2.32. The zero-order valence-electron chi connectivity index (χ0n) is 23.9. The van der Waals surface area contributed by atoms with Gasteiger partial charge < -0.3 is 4.90 Å². The summed E-state index contributed by atoms with van der Waals surface area (Å²) in [6, 6.07) is 16.9. The first-order chi connectivity index (χ1) is 19.0. The van der Waals surface area contributed by atoms with Gasteiger partial charge in [0.1, 0.15) is 5.82 Å². The molecule has 0 aliphatic carbocycles. The minimum atomic E-state index is -3.36. The summed E-state index contributed by atoms with van der Waals surface area (Å²) < 4.78 is 27.7. The number of aromatic nitrogens is 2. The van der Waals surface area contributed by atoms with Crippen molar-refractivity contribution in [1.29, 1.82) is 0 Å². The van der Waals surface area contributed by atoms with E-state index in [9.17, 15) is 18.0 Å². The van der Waals surface area contributed by atoms with E-state index in [1.807, 2.05) is 79.9 Å². The number of sulfonamides is 1. The molecule has 0 bridgehead atoms. The number of carbonyl (C=O) groups excluding carboxylic acids is 1. The van der Waals surface area contributed by atoms with Crippen LogP contribution in [-0.2, 0) is 29.4 Å². The van der Waals surface area contributed by atoms with E-state index in [1.165, 1.54) is 0 Å². The van der Waals surface area contributed by atoms with Crippen molar-refractivity contribution in [2.45, 2.75) is 65.5 Å². The van der Waals surface area contributed by atoms with Crippen LogP contribution in [0.5, 0.6) is 0 Å². The van der Waals surface area contributed by atoms with Crippen molar-refractivity contribution in [2.24, 2.45) is 5.92 Å². The number of nitrogens with zero attached hydrogens (tertiary/aromatic N) is 3. The fourth-order valence-corrected chi connectivity index (χ4v) is 5.92. The van der Waals surface area contributed by atoms with Crippen LogP contribution in [-0.4, -0.2) is 48.1 Å². The highest BCUT2D eigenvalue weighted by Gasteiger charge is 2.33. The highest BCUT2D eigenvalue weighted by atomic mass is 32.2. The molecule has 0 saturated carbocycles. The molecule has 1 unspecified atom stereocenters. The second-order valence-electron chi connectivity index (χ2n) is 11.0. The third-order valence-electron chi connectivity index (χ3n) is 7.38. The maximum Gasteiger partial charge on any atom is 0.257 e. The first kappa shape index (κ1) is 29.7. The van der Waals surface area contributed by atoms with Crippen LogP contribution in [0.15, 0.2) is 59.4 Å². The Morgan fingerprint density at radius 2 is 1.77 bits per heavy atom. The topological polar surface area (TPSA) is 101 Å². The number of amides is 1. The maximum atomic E-state index is 14.1. The molecule has 1 aliphatic heterocycles. The Labute approximate surface area is 237 Å². The molecule has 1 amide bonds. The summed E-state index contributed by atoms with van der Waals surface area (Å²) in [6.07, 6.45) is 4.61. The summed E-state index contributed by atoms with van der Waals surface area (Å²) in [5, 5.41) is 0. The van der Waals surface area contributed by atoms with Crippen molar-refractivity contribution in [3.05, 3.63) is 98.7 Å². The van der Waals surface area contributed by atoms with Crippen LogP contribution in [0.4, 0.5) is 0 Å². The molecule has 2 aromatic carbocycles. The zero-order valence-corrected chi connectivity index (χ0v) is 24.7. The summed E-state index contributed by atoms with van der Waals surface area (Å²) in [6.45, 7) is 7.22. The lowest BCUT2D eigenvalue weighted by molar-refractivity contribution is 0.0612. The second-order valence-corrected chi connectivity index (χ2v) is 12.9. The molecule has 214 valence electrons. The van der Waals surface area contributed by atoms with Crippen molar-refractivity contribution in [1.82, 2.24) is 19.2 Å². The van der Waals surface area contributed by atoms with Crippen LogP contribution >= 0.6 is 0 Å². The average molecular weight is 565 g/mol. The minimum Gasteiger partial charge on any atom is -0.330 e. The van der Waals surface area contributed by atoms with Crippen molar-refractivity contribution >= 4 is 15.9 Å². The number of hydrogen-bond acceptors (Lipinski definition) is 5. The molecule has 0 saturated heterocycles. The van der Waals surface area contributed by atoms with E-state index >= 15 is 0 Å². The molecule has 8 nitrogen and oxygen atoms in total. The van der Waals surface area contributed by atoms with Gasteiger partial charge in [0.05, 0.1) is 18.0 Å². The predicted molar refractivity (Wildman–Crippen MR) is 158 cm³/mol. The third kappa shape index (κ3) is 7.26. The lowest BCUT2D eigenvalue weighted by atomic mass is 9.91. The van der Waals surface area contributed by atoms with Crippen molar-refractivity contribution in [2.75, 3.05) is 19.3 Å². The number of nitrogens with one attached hydrogen (secondary N) is 1. The first-order valence-corrected chi connectivity index (χ1v) is 15.9. The Bertz CT molecular complexity index is 1480. The molecule has 4 rings (SSSR count). The predicted octanol–water partition coefficient (Wildman–Crippen LogP) is 4.26. The molecule has 0 spiro atoms. The average Bonchev–Trinajstić information content (AvgIpc) is 2.92. The molecular formula is C31H40N4O4S. The van der Waals surface area contributed by atoms with Crippen molar-refractivity contribution < 1.29 is 13.2 Å². The highest BCUT2D eigenvalue weighted by molar-refractivity contribution is 7.88. The normalized spacial score (nSPS) is 14.1. The Kier molecular flexibility index (Phi) is 9.58. The number of benzene rings is 2. The van der Waals surface area contributed by atoms with E-state index in [0.717, 1.165) is 42.5 Å². The lowest BCUT2D eigenvalue weighted by Crippen LogP contribution is -2.42. The van der Waals surface area contributed by atoms with Crippen molar-refractivity contribution in [3.63, 3.8) is 0 Å². The largest absolute Gasteiger partial charge is 0.330 e. The molecule has 0 fully saturated rings. The van der Waals surface area contributed by atoms with E-state index in [2.05, 4.69) is 4.72 Å². The first-order valence-electron chi connectivity index (χ1n) is 14.0. The van der Waals surface area contributed by atoms with Crippen LogP contribution in [0, 0.1) is 12.8 Å². The van der Waals surface area contributed by atoms with Crippen LogP contribution in [0.3, 0.4) is 0 Å². The van der Waals surface area contributed by atoms with Gasteiger partial charge in [-0.3, -0.25) is 14.2 Å². The Balaban J connectivity index is 1.83. The minimum absolute atomic E-state index is 0.0318. The van der Waals surface area contributed by atoms with Crippen molar-refractivity contribution in [3.8, 4) is 0 Å². The summed E-state index contributed by atoms with van der Waals surface area (Å²) in [4.78, 5) is 35.0. The molecule has 40 heavy (non-hydrogen) atoms. The maximum absolute atomic E-state index is 14.1. The molecule has 9 heteroatoms. The Morgan fingerprint density at radius 1 is 1.07 bits per heavy atom. The summed E-state index contributed by atoms with van der Waals surface area (Å²) in [5.41, 5.74) is 3.84. The molecule has 3 aromatic rings. The molecule has 1 N–H and O–H groups in total. The number of carbonyl (C=O) groups is 1. The van der Waals surface area contributed by atoms with Gasteiger partial charge in [-0.1, -0.05) is 61.9 Å². The van der Waals surface area contributed by atoms with E-state index in [1.54, 1.807) is 4.90 Å². The molecule has 1 aromatic heterocycles. The van der Waals surface area contributed by atoms with Gasteiger partial charge in [0.15, 0.2) is 0 Å². The van der Waals surface area contributed by atoms with Crippen LogP contribution in [0.25, 0.3) is 0 Å². The number of aryl methyl sites for hydroxylation is 2. The molecule has 0 radical (unpaired) electrons. The lowest BCUT2D eigenvalue weighted by Gasteiger charge is -2.36. The monoisotopic (exact) mass is 564 g/mol. The number of rotatable bonds is 11. The molecule has 2 heterocycles. The Morgan fingerprint density at radius 3 is 2.42 bits per heavy atom. The van der Waals surface area contributed by atoms with Gasteiger partial charge in [-0.25, -0.2) is 18.1 Å². The van der Waals surface area contributed by atoms with Gasteiger partial charge in [0, 0.05) is 43.6 Å². The van der Waals surface area contributed by atoms with Gasteiger partial charge in [-0.15, -0.1) is 0 Å². The zero-order chi connectivity index (χ0) is 28.9.